The molecule has 0 aliphatic carbocycles. The molecule has 3 rings (SSSR count). The van der Waals surface area contributed by atoms with Gasteiger partial charge in [-0.05, 0) is 23.5 Å². The Labute approximate surface area is 120 Å². The molecule has 20 heavy (non-hydrogen) atoms. The van der Waals surface area contributed by atoms with Crippen LogP contribution in [0.15, 0.2) is 24.5 Å². The maximum Gasteiger partial charge on any atom is 0.319 e. The van der Waals surface area contributed by atoms with Crippen molar-refractivity contribution in [1.29, 1.82) is 0 Å². The van der Waals surface area contributed by atoms with Crippen LogP contribution in [0.25, 0.3) is 0 Å². The van der Waals surface area contributed by atoms with Gasteiger partial charge in [0.15, 0.2) is 0 Å². The highest BCUT2D eigenvalue weighted by Gasteiger charge is 2.41. The minimum atomic E-state index is 0.151. The molecule has 0 spiro atoms. The lowest BCUT2D eigenvalue weighted by Crippen LogP contribution is -2.39. The average Bonchev–Trinajstić information content (AvgIpc) is 2.96. The Kier molecular flexibility index (Phi) is 3.61. The van der Waals surface area contributed by atoms with Gasteiger partial charge in [-0.1, -0.05) is 6.07 Å². The Morgan fingerprint density at radius 2 is 2.00 bits per heavy atom. The van der Waals surface area contributed by atoms with Crippen LogP contribution in [0.3, 0.4) is 0 Å². The van der Waals surface area contributed by atoms with Gasteiger partial charge >= 0.3 is 6.03 Å². The highest BCUT2D eigenvalue weighted by atomic mass is 16.2. The van der Waals surface area contributed by atoms with Crippen molar-refractivity contribution in [2.24, 2.45) is 11.8 Å². The molecule has 108 valence electrons. The summed E-state index contributed by atoms with van der Waals surface area (Å²) >= 11 is 0. The van der Waals surface area contributed by atoms with Crippen molar-refractivity contribution in [3.05, 3.63) is 30.1 Å². The van der Waals surface area contributed by atoms with Gasteiger partial charge in [0.25, 0.3) is 0 Å². The zero-order valence-electron chi connectivity index (χ0n) is 12.2. The van der Waals surface area contributed by atoms with Crippen LogP contribution < -0.4 is 0 Å². The average molecular weight is 274 g/mol. The third-order valence-electron chi connectivity index (χ3n) is 4.34. The van der Waals surface area contributed by atoms with Gasteiger partial charge in [-0.3, -0.25) is 9.88 Å². The van der Waals surface area contributed by atoms with Crippen molar-refractivity contribution in [1.82, 2.24) is 19.7 Å². The van der Waals surface area contributed by atoms with Crippen molar-refractivity contribution in [2.45, 2.75) is 6.54 Å². The largest absolute Gasteiger partial charge is 0.331 e. The molecule has 2 amide bonds. The highest BCUT2D eigenvalue weighted by molar-refractivity contribution is 5.74. The van der Waals surface area contributed by atoms with Crippen LogP contribution in [0, 0.1) is 11.8 Å². The molecule has 5 heteroatoms. The molecule has 0 bridgehead atoms. The third kappa shape index (κ3) is 2.63. The number of nitrogens with zero attached hydrogens (tertiary/aromatic N) is 4. The summed E-state index contributed by atoms with van der Waals surface area (Å²) in [5, 5.41) is 0. The van der Waals surface area contributed by atoms with E-state index in [0.29, 0.717) is 11.8 Å². The van der Waals surface area contributed by atoms with Crippen molar-refractivity contribution >= 4 is 6.03 Å². The van der Waals surface area contributed by atoms with Gasteiger partial charge in [0.05, 0.1) is 0 Å². The zero-order chi connectivity index (χ0) is 14.1. The topological polar surface area (TPSA) is 39.7 Å². The van der Waals surface area contributed by atoms with Gasteiger partial charge in [0.2, 0.25) is 0 Å². The van der Waals surface area contributed by atoms with Crippen LogP contribution >= 0.6 is 0 Å². The number of likely N-dealkylation sites (tertiary alicyclic amines) is 2. The van der Waals surface area contributed by atoms with Gasteiger partial charge in [-0.25, -0.2) is 4.79 Å². The van der Waals surface area contributed by atoms with Crippen molar-refractivity contribution in [2.75, 3.05) is 40.3 Å². The monoisotopic (exact) mass is 274 g/mol. The second-order valence-corrected chi connectivity index (χ2v) is 6.16. The lowest BCUT2D eigenvalue weighted by molar-refractivity contribution is 0.173. The fourth-order valence-corrected chi connectivity index (χ4v) is 3.41. The standard InChI is InChI=1S/C15H22N4O/c1-17(2)15(20)19-10-13-8-18(9-14(13)11-19)7-12-4-3-5-16-6-12/h3-6,13-14H,7-11H2,1-2H3/t13-,14+. The molecule has 1 aromatic heterocycles. The van der Waals surface area contributed by atoms with Gasteiger partial charge in [0, 0.05) is 59.2 Å². The molecule has 3 heterocycles. The third-order valence-corrected chi connectivity index (χ3v) is 4.34. The summed E-state index contributed by atoms with van der Waals surface area (Å²) in [7, 11) is 3.65. The molecule has 5 nitrogen and oxygen atoms in total. The smallest absolute Gasteiger partial charge is 0.319 e. The summed E-state index contributed by atoms with van der Waals surface area (Å²) < 4.78 is 0. The Morgan fingerprint density at radius 1 is 1.30 bits per heavy atom. The fraction of sp³-hybridized carbons (Fsp3) is 0.600. The van der Waals surface area contributed by atoms with Crippen LogP contribution in [-0.2, 0) is 6.54 Å². The predicted molar refractivity (Wildman–Crippen MR) is 77.2 cm³/mol. The Hall–Kier alpha value is -1.62. The Balaban J connectivity index is 1.55. The first kappa shape index (κ1) is 13.4. The number of carbonyl (C=O) groups excluding carboxylic acids is 1. The van der Waals surface area contributed by atoms with E-state index in [-0.39, 0.29) is 6.03 Å². The number of amides is 2. The molecule has 0 radical (unpaired) electrons. The number of hydrogen-bond donors (Lipinski definition) is 0. The number of rotatable bonds is 2. The number of urea groups is 1. The van der Waals surface area contributed by atoms with E-state index in [9.17, 15) is 4.79 Å². The van der Waals surface area contributed by atoms with E-state index in [1.54, 1.807) is 4.90 Å². The van der Waals surface area contributed by atoms with Crippen LogP contribution in [-0.4, -0.2) is 66.0 Å². The molecular weight excluding hydrogens is 252 g/mol. The second-order valence-electron chi connectivity index (χ2n) is 6.16. The molecule has 2 saturated heterocycles. The van der Waals surface area contributed by atoms with Crippen molar-refractivity contribution in [3.63, 3.8) is 0 Å². The zero-order valence-corrected chi connectivity index (χ0v) is 12.2. The molecule has 0 N–H and O–H groups in total. The minimum absolute atomic E-state index is 0.151. The van der Waals surface area contributed by atoms with Gasteiger partial charge in [-0.15, -0.1) is 0 Å². The summed E-state index contributed by atoms with van der Waals surface area (Å²) in [6.07, 6.45) is 3.75. The first-order chi connectivity index (χ1) is 9.63. The molecule has 0 aromatic carbocycles. The molecule has 2 fully saturated rings. The summed E-state index contributed by atoms with van der Waals surface area (Å²) in [5.74, 6) is 1.27. The van der Waals surface area contributed by atoms with Crippen LogP contribution in [0.2, 0.25) is 0 Å². The van der Waals surface area contributed by atoms with E-state index in [1.807, 2.05) is 37.5 Å². The summed E-state index contributed by atoms with van der Waals surface area (Å²) in [6.45, 7) is 4.98. The van der Waals surface area contributed by atoms with E-state index >= 15 is 0 Å². The maximum atomic E-state index is 12.0. The molecule has 0 unspecified atom stereocenters. The Bertz CT molecular complexity index is 462. The van der Waals surface area contributed by atoms with Crippen molar-refractivity contribution in [3.8, 4) is 0 Å². The number of aromatic nitrogens is 1. The molecular formula is C15H22N4O. The first-order valence-corrected chi connectivity index (χ1v) is 7.21. The predicted octanol–water partition coefficient (Wildman–Crippen LogP) is 1.13. The first-order valence-electron chi connectivity index (χ1n) is 7.21. The molecule has 2 atom stereocenters. The molecule has 2 aliphatic heterocycles. The maximum absolute atomic E-state index is 12.0. The van der Waals surface area contributed by atoms with E-state index in [1.165, 1.54) is 5.56 Å². The number of pyridine rings is 1. The SMILES string of the molecule is CN(C)C(=O)N1C[C@H]2CN(Cc3cccnc3)C[C@H]2C1. The van der Waals surface area contributed by atoms with Gasteiger partial charge in [0.1, 0.15) is 0 Å². The van der Waals surface area contributed by atoms with Crippen LogP contribution in [0.4, 0.5) is 4.79 Å². The normalized spacial score (nSPS) is 25.8. The summed E-state index contributed by atoms with van der Waals surface area (Å²) in [5.41, 5.74) is 1.27. The highest BCUT2D eigenvalue weighted by Crippen LogP contribution is 2.32. The van der Waals surface area contributed by atoms with Crippen molar-refractivity contribution < 1.29 is 4.79 Å². The van der Waals surface area contributed by atoms with Crippen LogP contribution in [0.1, 0.15) is 5.56 Å². The van der Waals surface area contributed by atoms with E-state index in [0.717, 1.165) is 32.7 Å². The number of carbonyl (C=O) groups is 1. The minimum Gasteiger partial charge on any atom is -0.331 e. The van der Waals surface area contributed by atoms with E-state index in [2.05, 4.69) is 16.0 Å². The quantitative estimate of drug-likeness (QED) is 0.811. The summed E-state index contributed by atoms with van der Waals surface area (Å²) in [6, 6.07) is 4.27. The summed E-state index contributed by atoms with van der Waals surface area (Å²) in [4.78, 5) is 22.3. The number of hydrogen-bond acceptors (Lipinski definition) is 3. The second kappa shape index (κ2) is 5.40. The van der Waals surface area contributed by atoms with E-state index in [4.69, 9.17) is 0 Å². The fourth-order valence-electron chi connectivity index (χ4n) is 3.41. The van der Waals surface area contributed by atoms with Crippen LogP contribution in [0.5, 0.6) is 0 Å². The van der Waals surface area contributed by atoms with E-state index < -0.39 is 0 Å². The lowest BCUT2D eigenvalue weighted by atomic mass is 10.0. The molecule has 2 aliphatic rings. The van der Waals surface area contributed by atoms with Gasteiger partial charge < -0.3 is 9.80 Å². The molecule has 0 saturated carbocycles. The van der Waals surface area contributed by atoms with Gasteiger partial charge in [-0.2, -0.15) is 0 Å². The number of fused-ring (bicyclic) bond motifs is 1. The Morgan fingerprint density at radius 3 is 2.55 bits per heavy atom. The molecule has 1 aromatic rings. The lowest BCUT2D eigenvalue weighted by Gasteiger charge is -2.24.